The first-order valence-corrected chi connectivity index (χ1v) is 19.4. The van der Waals surface area contributed by atoms with E-state index >= 15 is 0 Å². The number of fused-ring (bicyclic) bond motifs is 12. The molecule has 270 valence electrons. The Kier molecular flexibility index (Phi) is 6.32. The topological polar surface area (TPSA) is 74.8 Å². The molecule has 7 nitrogen and oxygen atoms in total. The lowest BCUT2D eigenvalue weighted by Gasteiger charge is -2.11. The SMILES string of the molecule is c1ccc2c(c1)oc1ccc(-c3nc(-c4cccc5oc6cc(-n7c8ccccc8c8ccccc87)ccc6c45)nc(-n4c5ccccc5c5ccccc54)n3)cc12. The van der Waals surface area contributed by atoms with Gasteiger partial charge in [-0.3, -0.25) is 4.57 Å². The Morgan fingerprint density at radius 1 is 0.345 bits per heavy atom. The molecule has 0 aliphatic rings. The Morgan fingerprint density at radius 3 is 1.59 bits per heavy atom. The van der Waals surface area contributed by atoms with Gasteiger partial charge in [-0.05, 0) is 66.7 Å². The van der Waals surface area contributed by atoms with Crippen molar-refractivity contribution in [2.75, 3.05) is 0 Å². The van der Waals surface area contributed by atoms with Gasteiger partial charge in [0, 0.05) is 66.0 Å². The number of hydrogen-bond acceptors (Lipinski definition) is 5. The maximum atomic E-state index is 6.69. The second kappa shape index (κ2) is 11.7. The Hall–Kier alpha value is -8.03. The third-order valence-electron chi connectivity index (χ3n) is 11.6. The van der Waals surface area contributed by atoms with Gasteiger partial charge in [-0.25, -0.2) is 4.98 Å². The maximum Gasteiger partial charge on any atom is 0.238 e. The van der Waals surface area contributed by atoms with Crippen LogP contribution in [0.3, 0.4) is 0 Å². The van der Waals surface area contributed by atoms with Crippen molar-refractivity contribution in [3.8, 4) is 34.4 Å². The third kappa shape index (κ3) is 4.41. The number of furan rings is 2. The monoisotopic (exact) mass is 743 g/mol. The molecule has 0 bridgehead atoms. The molecule has 8 aromatic carbocycles. The molecular weight excluding hydrogens is 715 g/mol. The van der Waals surface area contributed by atoms with Gasteiger partial charge < -0.3 is 13.4 Å². The Bertz CT molecular complexity index is 3720. The lowest BCUT2D eigenvalue weighted by molar-refractivity contribution is 0.668. The summed E-state index contributed by atoms with van der Waals surface area (Å²) < 4.78 is 17.4. The van der Waals surface area contributed by atoms with Crippen molar-refractivity contribution in [1.82, 2.24) is 24.1 Å². The molecule has 13 rings (SSSR count). The van der Waals surface area contributed by atoms with Gasteiger partial charge in [0.2, 0.25) is 5.95 Å². The zero-order valence-electron chi connectivity index (χ0n) is 30.8. The van der Waals surface area contributed by atoms with Crippen LogP contribution in [0.5, 0.6) is 0 Å². The second-order valence-electron chi connectivity index (χ2n) is 14.8. The summed E-state index contributed by atoms with van der Waals surface area (Å²) in [6.07, 6.45) is 0. The highest BCUT2D eigenvalue weighted by atomic mass is 16.3. The summed E-state index contributed by atoms with van der Waals surface area (Å²) >= 11 is 0. The summed E-state index contributed by atoms with van der Waals surface area (Å²) in [4.78, 5) is 15.8. The molecule has 13 aromatic rings. The molecular formula is C51H29N5O2. The molecule has 0 amide bonds. The second-order valence-corrected chi connectivity index (χ2v) is 14.8. The molecule has 0 N–H and O–H groups in total. The van der Waals surface area contributed by atoms with Gasteiger partial charge in [-0.2, -0.15) is 9.97 Å². The third-order valence-corrected chi connectivity index (χ3v) is 11.6. The molecule has 0 atom stereocenters. The molecule has 0 spiro atoms. The smallest absolute Gasteiger partial charge is 0.238 e. The molecule has 0 radical (unpaired) electrons. The van der Waals surface area contributed by atoms with Gasteiger partial charge in [-0.1, -0.05) is 103 Å². The van der Waals surface area contributed by atoms with E-state index in [1.165, 1.54) is 10.8 Å². The number of benzene rings is 8. The van der Waals surface area contributed by atoms with Gasteiger partial charge in [0.1, 0.15) is 22.3 Å². The van der Waals surface area contributed by atoms with Crippen molar-refractivity contribution < 1.29 is 8.83 Å². The van der Waals surface area contributed by atoms with E-state index in [0.717, 1.165) is 93.5 Å². The standard InChI is InChI=1S/C51H29N5O2/c1-6-18-40-32(12-1)33-13-2-7-19-41(33)55(40)31-25-26-37-47(29-31)58-46-23-11-17-38(48(37)46)50-52-49(30-24-27-45-39(28-30)36-16-5-10-22-44(36)57-45)53-51(54-50)56-42-20-8-3-14-34(42)35-15-4-9-21-43(35)56/h1-29H. The first-order chi connectivity index (χ1) is 28.7. The van der Waals surface area contributed by atoms with Crippen LogP contribution in [-0.2, 0) is 0 Å². The Morgan fingerprint density at radius 2 is 0.897 bits per heavy atom. The molecule has 0 aliphatic carbocycles. The lowest BCUT2D eigenvalue weighted by atomic mass is 10.0. The van der Waals surface area contributed by atoms with E-state index in [4.69, 9.17) is 23.8 Å². The molecule has 5 aromatic heterocycles. The molecule has 7 heteroatoms. The highest BCUT2D eigenvalue weighted by Gasteiger charge is 2.22. The van der Waals surface area contributed by atoms with Crippen molar-refractivity contribution in [1.29, 1.82) is 0 Å². The Labute approximate surface area is 329 Å². The van der Waals surface area contributed by atoms with Gasteiger partial charge >= 0.3 is 0 Å². The fraction of sp³-hybridized carbons (Fsp3) is 0. The molecule has 0 fully saturated rings. The predicted molar refractivity (Wildman–Crippen MR) is 234 cm³/mol. The highest BCUT2D eigenvalue weighted by molar-refractivity contribution is 6.14. The average Bonchev–Trinajstić information content (AvgIpc) is 4.03. The van der Waals surface area contributed by atoms with E-state index in [1.807, 2.05) is 42.5 Å². The van der Waals surface area contributed by atoms with E-state index in [9.17, 15) is 0 Å². The van der Waals surface area contributed by atoms with E-state index in [2.05, 4.69) is 143 Å². The molecule has 0 unspecified atom stereocenters. The van der Waals surface area contributed by atoms with Crippen molar-refractivity contribution >= 4 is 87.5 Å². The summed E-state index contributed by atoms with van der Waals surface area (Å²) in [5, 5.41) is 8.70. The van der Waals surface area contributed by atoms with Gasteiger partial charge in [0.05, 0.1) is 22.1 Å². The summed E-state index contributed by atoms with van der Waals surface area (Å²) in [5.74, 6) is 1.65. The number of para-hydroxylation sites is 5. The molecule has 0 saturated carbocycles. The van der Waals surface area contributed by atoms with Crippen LogP contribution in [0.25, 0.3) is 122 Å². The van der Waals surface area contributed by atoms with Crippen molar-refractivity contribution in [3.05, 3.63) is 176 Å². The van der Waals surface area contributed by atoms with Crippen LogP contribution >= 0.6 is 0 Å². The predicted octanol–water partition coefficient (Wildman–Crippen LogP) is 13.2. The van der Waals surface area contributed by atoms with Crippen molar-refractivity contribution in [2.45, 2.75) is 0 Å². The summed E-state index contributed by atoms with van der Waals surface area (Å²) in [6, 6.07) is 60.8. The van der Waals surface area contributed by atoms with Crippen LogP contribution in [0, 0.1) is 0 Å². The number of rotatable bonds is 4. The van der Waals surface area contributed by atoms with Crippen LogP contribution in [0.15, 0.2) is 185 Å². The quantitative estimate of drug-likeness (QED) is 0.179. The summed E-state index contributed by atoms with van der Waals surface area (Å²) in [5.41, 5.74) is 10.3. The van der Waals surface area contributed by atoms with Gasteiger partial charge in [-0.15, -0.1) is 0 Å². The number of hydrogen-bond donors (Lipinski definition) is 0. The van der Waals surface area contributed by atoms with Crippen LogP contribution in [0.2, 0.25) is 0 Å². The summed E-state index contributed by atoms with van der Waals surface area (Å²) in [7, 11) is 0. The number of aromatic nitrogens is 5. The van der Waals surface area contributed by atoms with Crippen LogP contribution in [0.1, 0.15) is 0 Å². The molecule has 0 aliphatic heterocycles. The van der Waals surface area contributed by atoms with E-state index in [0.29, 0.717) is 17.6 Å². The minimum atomic E-state index is 0.535. The average molecular weight is 744 g/mol. The first-order valence-electron chi connectivity index (χ1n) is 19.4. The van der Waals surface area contributed by atoms with E-state index < -0.39 is 0 Å². The first kappa shape index (κ1) is 31.2. The summed E-state index contributed by atoms with van der Waals surface area (Å²) in [6.45, 7) is 0. The molecule has 5 heterocycles. The largest absolute Gasteiger partial charge is 0.456 e. The minimum absolute atomic E-state index is 0.535. The fourth-order valence-corrected chi connectivity index (χ4v) is 9.06. The van der Waals surface area contributed by atoms with Gasteiger partial charge in [0.15, 0.2) is 11.6 Å². The molecule has 58 heavy (non-hydrogen) atoms. The number of nitrogens with zero attached hydrogens (tertiary/aromatic N) is 5. The van der Waals surface area contributed by atoms with Crippen LogP contribution in [0.4, 0.5) is 0 Å². The van der Waals surface area contributed by atoms with Crippen LogP contribution < -0.4 is 0 Å². The van der Waals surface area contributed by atoms with Crippen molar-refractivity contribution in [3.63, 3.8) is 0 Å². The van der Waals surface area contributed by atoms with Gasteiger partial charge in [0.25, 0.3) is 0 Å². The minimum Gasteiger partial charge on any atom is -0.456 e. The Balaban J connectivity index is 1.06. The van der Waals surface area contributed by atoms with E-state index in [1.54, 1.807) is 0 Å². The normalized spacial score (nSPS) is 12.1. The zero-order chi connectivity index (χ0) is 37.9. The highest BCUT2D eigenvalue weighted by Crippen LogP contribution is 2.40. The zero-order valence-corrected chi connectivity index (χ0v) is 30.8. The van der Waals surface area contributed by atoms with Crippen molar-refractivity contribution in [2.24, 2.45) is 0 Å². The fourth-order valence-electron chi connectivity index (χ4n) is 9.06. The van der Waals surface area contributed by atoms with E-state index in [-0.39, 0.29) is 0 Å². The molecule has 0 saturated heterocycles. The van der Waals surface area contributed by atoms with Crippen LogP contribution in [-0.4, -0.2) is 24.1 Å². The lowest BCUT2D eigenvalue weighted by Crippen LogP contribution is -2.06. The maximum absolute atomic E-state index is 6.69.